The molecule has 1 saturated carbocycles. The summed E-state index contributed by atoms with van der Waals surface area (Å²) in [4.78, 5) is 14.8. The molecule has 0 radical (unpaired) electrons. The van der Waals surface area contributed by atoms with Gasteiger partial charge in [0, 0.05) is 0 Å². The van der Waals surface area contributed by atoms with Crippen molar-refractivity contribution in [1.82, 2.24) is 4.98 Å². The van der Waals surface area contributed by atoms with E-state index in [2.05, 4.69) is 4.98 Å². The number of rotatable bonds is 4. The zero-order chi connectivity index (χ0) is 16.1. The monoisotopic (exact) mass is 306 g/mol. The molecular weight excluding hydrogens is 287 g/mol. The molecule has 1 aliphatic carbocycles. The van der Waals surface area contributed by atoms with Crippen molar-refractivity contribution in [1.29, 1.82) is 0 Å². The van der Waals surface area contributed by atoms with Gasteiger partial charge in [0.1, 0.15) is 0 Å². The molecule has 2 fully saturated rings. The molecule has 2 heterocycles. The second-order valence-electron chi connectivity index (χ2n) is 6.72. The van der Waals surface area contributed by atoms with E-state index in [-0.39, 0.29) is 17.7 Å². The molecule has 3 rings (SSSR count). The lowest BCUT2D eigenvalue weighted by atomic mass is 9.84. The molecule has 0 atom stereocenters. The van der Waals surface area contributed by atoms with Gasteiger partial charge in [-0.2, -0.15) is 0 Å². The molecule has 22 heavy (non-hydrogen) atoms. The number of nitro groups is 1. The maximum Gasteiger partial charge on any atom is 0.542 e. The van der Waals surface area contributed by atoms with E-state index in [0.29, 0.717) is 5.59 Å². The van der Waals surface area contributed by atoms with Crippen LogP contribution in [0.15, 0.2) is 12.1 Å². The molecule has 0 spiro atoms. The number of hydrogen-bond donors (Lipinski definition) is 0. The average Bonchev–Trinajstić information content (AvgIpc) is 3.17. The summed E-state index contributed by atoms with van der Waals surface area (Å²) >= 11 is 0. The lowest BCUT2D eigenvalue weighted by Gasteiger charge is -2.32. The van der Waals surface area contributed by atoms with E-state index in [1.807, 2.05) is 27.7 Å². The van der Waals surface area contributed by atoms with Gasteiger partial charge in [0.15, 0.2) is 5.59 Å². The van der Waals surface area contributed by atoms with Crippen molar-refractivity contribution in [2.24, 2.45) is 0 Å². The summed E-state index contributed by atoms with van der Waals surface area (Å²) < 4.78 is 17.3. The normalized spacial score (nSPS) is 22.6. The summed E-state index contributed by atoms with van der Waals surface area (Å²) in [5.74, 6) is -0.0909. The first-order valence-corrected chi connectivity index (χ1v) is 7.37. The van der Waals surface area contributed by atoms with Gasteiger partial charge >= 0.3 is 12.9 Å². The minimum Gasteiger partial charge on any atom is -0.482 e. The number of aromatic nitrogens is 1. The van der Waals surface area contributed by atoms with Gasteiger partial charge in [-0.3, -0.25) is 0 Å². The molecule has 1 saturated heterocycles. The van der Waals surface area contributed by atoms with Gasteiger partial charge in [-0.05, 0) is 62.6 Å². The minimum atomic E-state index is -0.723. The SMILES string of the molecule is CC1(C)OB(c2ccc(OC3CC3)c([N+](=O)[O-])n2)OC1(C)C. The fourth-order valence-corrected chi connectivity index (χ4v) is 2.13. The van der Waals surface area contributed by atoms with E-state index in [1.165, 1.54) is 0 Å². The Morgan fingerprint density at radius 1 is 1.27 bits per heavy atom. The third-order valence-corrected chi connectivity index (χ3v) is 4.35. The van der Waals surface area contributed by atoms with Crippen LogP contribution in [0, 0.1) is 10.1 Å². The number of pyridine rings is 1. The van der Waals surface area contributed by atoms with Crippen LogP contribution in [0.3, 0.4) is 0 Å². The van der Waals surface area contributed by atoms with E-state index in [1.54, 1.807) is 12.1 Å². The Balaban J connectivity index is 1.89. The fraction of sp³-hybridized carbons (Fsp3) is 0.643. The maximum absolute atomic E-state index is 11.2. The summed E-state index contributed by atoms with van der Waals surface area (Å²) in [5, 5.41) is 11.2. The van der Waals surface area contributed by atoms with Crippen LogP contribution in [0.5, 0.6) is 5.75 Å². The molecular formula is C14H19BN2O5. The summed E-state index contributed by atoms with van der Waals surface area (Å²) in [7, 11) is -0.723. The predicted molar refractivity (Wildman–Crippen MR) is 80.3 cm³/mol. The van der Waals surface area contributed by atoms with Crippen LogP contribution in [0.25, 0.3) is 0 Å². The third kappa shape index (κ3) is 2.68. The molecule has 1 aliphatic heterocycles. The molecule has 1 aromatic heterocycles. The zero-order valence-corrected chi connectivity index (χ0v) is 13.2. The second kappa shape index (κ2) is 4.92. The summed E-state index contributed by atoms with van der Waals surface area (Å²) in [6.07, 6.45) is 1.93. The topological polar surface area (TPSA) is 83.7 Å². The van der Waals surface area contributed by atoms with Gasteiger partial charge in [-0.1, -0.05) is 0 Å². The Bertz CT molecular complexity index is 599. The smallest absolute Gasteiger partial charge is 0.482 e. The standard InChI is InChI=1S/C14H19BN2O5/c1-13(2)14(3,4)22-15(21-13)11-8-7-10(20-9-5-6-9)12(16-11)17(18)19/h7-9H,5-6H2,1-4H3. The van der Waals surface area contributed by atoms with Crippen molar-refractivity contribution < 1.29 is 19.0 Å². The fourth-order valence-electron chi connectivity index (χ4n) is 2.13. The summed E-state index contributed by atoms with van der Waals surface area (Å²) in [6, 6.07) is 3.23. The molecule has 0 bridgehead atoms. The Kier molecular flexibility index (Phi) is 3.41. The van der Waals surface area contributed by atoms with Crippen molar-refractivity contribution >= 4 is 18.5 Å². The summed E-state index contributed by atoms with van der Waals surface area (Å²) in [5.41, 5.74) is -0.650. The van der Waals surface area contributed by atoms with Crippen LogP contribution < -0.4 is 10.3 Å². The molecule has 0 N–H and O–H groups in total. The predicted octanol–water partition coefficient (Wildman–Crippen LogP) is 1.83. The van der Waals surface area contributed by atoms with E-state index in [4.69, 9.17) is 14.0 Å². The van der Waals surface area contributed by atoms with Crippen LogP contribution in [-0.4, -0.2) is 34.3 Å². The van der Waals surface area contributed by atoms with Crippen molar-refractivity contribution in [3.05, 3.63) is 22.2 Å². The van der Waals surface area contributed by atoms with Crippen molar-refractivity contribution in [3.63, 3.8) is 0 Å². The first-order valence-electron chi connectivity index (χ1n) is 7.37. The number of nitrogens with zero attached hydrogens (tertiary/aromatic N) is 2. The zero-order valence-electron chi connectivity index (χ0n) is 13.2. The van der Waals surface area contributed by atoms with Crippen LogP contribution in [0.2, 0.25) is 0 Å². The van der Waals surface area contributed by atoms with Gasteiger partial charge in [0.2, 0.25) is 5.75 Å². The third-order valence-electron chi connectivity index (χ3n) is 4.35. The first kappa shape index (κ1) is 15.2. The van der Waals surface area contributed by atoms with Crippen LogP contribution in [-0.2, 0) is 9.31 Å². The molecule has 0 amide bonds. The molecule has 1 aromatic rings. The summed E-state index contributed by atoms with van der Waals surface area (Å²) in [6.45, 7) is 7.69. The van der Waals surface area contributed by atoms with Gasteiger partial charge in [-0.15, -0.1) is 0 Å². The van der Waals surface area contributed by atoms with Crippen molar-refractivity contribution in [2.45, 2.75) is 57.8 Å². The van der Waals surface area contributed by atoms with Crippen LogP contribution in [0.1, 0.15) is 40.5 Å². The highest BCUT2D eigenvalue weighted by molar-refractivity contribution is 6.61. The van der Waals surface area contributed by atoms with E-state index < -0.39 is 23.2 Å². The van der Waals surface area contributed by atoms with Gasteiger partial charge in [0.05, 0.1) is 17.3 Å². The quantitative estimate of drug-likeness (QED) is 0.479. The second-order valence-corrected chi connectivity index (χ2v) is 6.72. The highest BCUT2D eigenvalue weighted by Gasteiger charge is 2.54. The molecule has 118 valence electrons. The van der Waals surface area contributed by atoms with Gasteiger partial charge < -0.3 is 24.2 Å². The molecule has 7 nitrogen and oxygen atoms in total. The Morgan fingerprint density at radius 2 is 1.86 bits per heavy atom. The Labute approximate surface area is 129 Å². The van der Waals surface area contributed by atoms with Crippen molar-refractivity contribution in [3.8, 4) is 5.75 Å². The van der Waals surface area contributed by atoms with E-state index >= 15 is 0 Å². The number of ether oxygens (including phenoxy) is 1. The number of hydrogen-bond acceptors (Lipinski definition) is 6. The van der Waals surface area contributed by atoms with Crippen LogP contribution >= 0.6 is 0 Å². The Morgan fingerprint density at radius 3 is 2.36 bits per heavy atom. The highest BCUT2D eigenvalue weighted by atomic mass is 16.7. The minimum absolute atomic E-state index is 0.0724. The van der Waals surface area contributed by atoms with Gasteiger partial charge in [0.25, 0.3) is 0 Å². The van der Waals surface area contributed by atoms with Crippen molar-refractivity contribution in [2.75, 3.05) is 0 Å². The average molecular weight is 306 g/mol. The molecule has 2 aliphatic rings. The lowest BCUT2D eigenvalue weighted by molar-refractivity contribution is -0.390. The van der Waals surface area contributed by atoms with E-state index in [0.717, 1.165) is 12.8 Å². The Hall–Kier alpha value is -1.67. The molecule has 0 aromatic carbocycles. The molecule has 8 heteroatoms. The molecule has 0 unspecified atom stereocenters. The maximum atomic E-state index is 11.2. The van der Waals surface area contributed by atoms with Gasteiger partial charge in [-0.25, -0.2) is 0 Å². The van der Waals surface area contributed by atoms with E-state index in [9.17, 15) is 10.1 Å². The largest absolute Gasteiger partial charge is 0.542 e. The highest BCUT2D eigenvalue weighted by Crippen LogP contribution is 2.37. The first-order chi connectivity index (χ1) is 10.2. The lowest BCUT2D eigenvalue weighted by Crippen LogP contribution is -2.41. The van der Waals surface area contributed by atoms with Crippen LogP contribution in [0.4, 0.5) is 5.82 Å².